The first-order valence-corrected chi connectivity index (χ1v) is 10.7. The first-order chi connectivity index (χ1) is 16.6. The Bertz CT molecular complexity index is 913. The molecule has 2 heterocycles. The minimum atomic E-state index is -1.02. The molecule has 0 aromatic heterocycles. The van der Waals surface area contributed by atoms with Crippen molar-refractivity contribution in [2.75, 3.05) is 13.1 Å². The molecule has 190 valence electrons. The van der Waals surface area contributed by atoms with Crippen LogP contribution in [0.4, 0.5) is 0 Å². The number of carbonyl (C=O) groups excluding carboxylic acids is 9. The smallest absolute Gasteiger partial charge is 0.349 e. The molecule has 0 aromatic rings. The number of imide groups is 2. The van der Waals surface area contributed by atoms with Crippen molar-refractivity contribution in [2.45, 2.75) is 57.8 Å². The first kappa shape index (κ1) is 27.1. The van der Waals surface area contributed by atoms with Gasteiger partial charge in [-0.3, -0.25) is 33.6 Å². The van der Waals surface area contributed by atoms with Gasteiger partial charge in [0.15, 0.2) is 5.78 Å². The van der Waals surface area contributed by atoms with Crippen molar-refractivity contribution in [1.29, 1.82) is 0 Å². The molecular formula is C20H24N4O11. The highest BCUT2D eigenvalue weighted by atomic mass is 16.7. The molecule has 0 aromatic carbocycles. The standard InChI is InChI=1S/C20H24N4O11/c25-12(4-5-14(27)22-11-20(33)35-24-17(30)8-9-18(24)31)10-21-13(26)2-1-3-19(32)34-23-15(28)6-7-16(23)29/h1-11H2,(H,21,26)(H,22,27). The van der Waals surface area contributed by atoms with Gasteiger partial charge in [-0.25, -0.2) is 9.59 Å². The fraction of sp³-hybridized carbons (Fsp3) is 0.550. The minimum absolute atomic E-state index is 0.0280. The van der Waals surface area contributed by atoms with Crippen LogP contribution in [-0.2, 0) is 52.8 Å². The van der Waals surface area contributed by atoms with Gasteiger partial charge < -0.3 is 20.3 Å². The maximum atomic E-state index is 11.8. The van der Waals surface area contributed by atoms with Crippen LogP contribution < -0.4 is 10.6 Å². The fourth-order valence-electron chi connectivity index (χ4n) is 2.88. The molecule has 0 spiro atoms. The van der Waals surface area contributed by atoms with Crippen LogP contribution in [0.2, 0.25) is 0 Å². The Morgan fingerprint density at radius 1 is 0.600 bits per heavy atom. The Morgan fingerprint density at radius 2 is 1.06 bits per heavy atom. The second-order valence-corrected chi connectivity index (χ2v) is 7.54. The number of hydroxylamine groups is 4. The van der Waals surface area contributed by atoms with E-state index in [2.05, 4.69) is 20.3 Å². The van der Waals surface area contributed by atoms with E-state index in [9.17, 15) is 43.2 Å². The topological polar surface area (TPSA) is 203 Å². The van der Waals surface area contributed by atoms with Crippen LogP contribution in [0.5, 0.6) is 0 Å². The zero-order chi connectivity index (χ0) is 26.0. The Morgan fingerprint density at radius 3 is 1.60 bits per heavy atom. The molecule has 2 aliphatic heterocycles. The molecule has 0 atom stereocenters. The number of Topliss-reactive ketones (excluding diaryl/α,β-unsaturated/α-hetero) is 1. The van der Waals surface area contributed by atoms with Crippen LogP contribution in [-0.4, -0.2) is 76.4 Å². The molecule has 0 aliphatic carbocycles. The summed E-state index contributed by atoms with van der Waals surface area (Å²) in [4.78, 5) is 113. The molecule has 2 N–H and O–H groups in total. The van der Waals surface area contributed by atoms with E-state index in [-0.39, 0.29) is 64.3 Å². The van der Waals surface area contributed by atoms with Crippen molar-refractivity contribution in [3.05, 3.63) is 0 Å². The van der Waals surface area contributed by atoms with E-state index >= 15 is 0 Å². The lowest BCUT2D eigenvalue weighted by Crippen LogP contribution is -2.37. The number of nitrogens with zero attached hydrogens (tertiary/aromatic N) is 2. The van der Waals surface area contributed by atoms with Crippen LogP contribution in [0.25, 0.3) is 0 Å². The van der Waals surface area contributed by atoms with Crippen molar-refractivity contribution in [1.82, 2.24) is 20.8 Å². The van der Waals surface area contributed by atoms with E-state index in [1.54, 1.807) is 0 Å². The minimum Gasteiger partial charge on any atom is -0.349 e. The van der Waals surface area contributed by atoms with Gasteiger partial charge in [0.05, 0.1) is 6.54 Å². The van der Waals surface area contributed by atoms with Crippen LogP contribution in [0.15, 0.2) is 0 Å². The predicted octanol–water partition coefficient (Wildman–Crippen LogP) is -2.05. The summed E-state index contributed by atoms with van der Waals surface area (Å²) < 4.78 is 0. The third kappa shape index (κ3) is 8.94. The van der Waals surface area contributed by atoms with Gasteiger partial charge in [0.1, 0.15) is 6.54 Å². The zero-order valence-electron chi connectivity index (χ0n) is 18.7. The molecule has 0 saturated carbocycles. The average molecular weight is 496 g/mol. The molecule has 0 unspecified atom stereocenters. The number of amides is 6. The summed E-state index contributed by atoms with van der Waals surface area (Å²) >= 11 is 0. The van der Waals surface area contributed by atoms with E-state index in [1.165, 1.54) is 0 Å². The Balaban J connectivity index is 1.52. The summed E-state index contributed by atoms with van der Waals surface area (Å²) in [5, 5.41) is 5.27. The maximum Gasteiger partial charge on any atom is 0.352 e. The van der Waals surface area contributed by atoms with Crippen molar-refractivity contribution in [3.8, 4) is 0 Å². The molecule has 15 nitrogen and oxygen atoms in total. The first-order valence-electron chi connectivity index (χ1n) is 10.7. The number of ketones is 1. The summed E-state index contributed by atoms with van der Waals surface area (Å²) in [6, 6.07) is 0. The van der Waals surface area contributed by atoms with Gasteiger partial charge in [-0.15, -0.1) is 10.1 Å². The summed E-state index contributed by atoms with van der Waals surface area (Å²) in [5.41, 5.74) is 0. The molecule has 2 fully saturated rings. The molecule has 35 heavy (non-hydrogen) atoms. The van der Waals surface area contributed by atoms with Gasteiger partial charge in [0.2, 0.25) is 11.8 Å². The quantitative estimate of drug-likeness (QED) is 0.266. The number of hydrogen-bond acceptors (Lipinski definition) is 11. The van der Waals surface area contributed by atoms with E-state index < -0.39 is 59.7 Å². The number of nitrogens with one attached hydrogen (secondary N) is 2. The summed E-state index contributed by atoms with van der Waals surface area (Å²) in [6.07, 6.45) is -0.963. The third-order valence-corrected chi connectivity index (χ3v) is 4.73. The van der Waals surface area contributed by atoms with Crippen LogP contribution in [0.1, 0.15) is 57.8 Å². The summed E-state index contributed by atoms with van der Waals surface area (Å²) in [6.45, 7) is -0.960. The maximum absolute atomic E-state index is 11.8. The highest BCUT2D eigenvalue weighted by Gasteiger charge is 2.33. The molecule has 0 bridgehead atoms. The van der Waals surface area contributed by atoms with Crippen molar-refractivity contribution in [3.63, 3.8) is 0 Å². The molecule has 2 aliphatic rings. The van der Waals surface area contributed by atoms with Crippen LogP contribution >= 0.6 is 0 Å². The lowest BCUT2D eigenvalue weighted by molar-refractivity contribution is -0.197. The van der Waals surface area contributed by atoms with Gasteiger partial charge in [0, 0.05) is 51.4 Å². The SMILES string of the molecule is O=C(CCC(=O)NCC(=O)ON1C(=O)CCC1=O)CNC(=O)CCCC(=O)ON1C(=O)CCC1=O. The van der Waals surface area contributed by atoms with Crippen LogP contribution in [0, 0.1) is 0 Å². The third-order valence-electron chi connectivity index (χ3n) is 4.73. The number of rotatable bonds is 13. The average Bonchev–Trinajstić information content (AvgIpc) is 3.30. The van der Waals surface area contributed by atoms with Gasteiger partial charge in [-0.05, 0) is 6.42 Å². The second kappa shape index (κ2) is 12.9. The van der Waals surface area contributed by atoms with E-state index in [1.807, 2.05) is 0 Å². The van der Waals surface area contributed by atoms with Crippen LogP contribution in [0.3, 0.4) is 0 Å². The largest absolute Gasteiger partial charge is 0.352 e. The van der Waals surface area contributed by atoms with E-state index in [4.69, 9.17) is 0 Å². The highest BCUT2D eigenvalue weighted by molar-refractivity contribution is 6.02. The molecule has 6 amide bonds. The normalized spacial score (nSPS) is 15.3. The number of hydrogen-bond donors (Lipinski definition) is 2. The van der Waals surface area contributed by atoms with Crippen molar-refractivity contribution in [2.24, 2.45) is 0 Å². The molecule has 15 heteroatoms. The molecule has 2 saturated heterocycles. The summed E-state index contributed by atoms with van der Waals surface area (Å²) in [7, 11) is 0. The Kier molecular flexibility index (Phi) is 9.98. The Labute approximate surface area is 198 Å². The molecular weight excluding hydrogens is 472 g/mol. The fourth-order valence-corrected chi connectivity index (χ4v) is 2.88. The van der Waals surface area contributed by atoms with Crippen molar-refractivity contribution >= 4 is 53.2 Å². The van der Waals surface area contributed by atoms with Gasteiger partial charge in [-0.1, -0.05) is 0 Å². The highest BCUT2D eigenvalue weighted by Crippen LogP contribution is 2.13. The Hall–Kier alpha value is -4.17. The zero-order valence-corrected chi connectivity index (χ0v) is 18.7. The lowest BCUT2D eigenvalue weighted by atomic mass is 10.2. The lowest BCUT2D eigenvalue weighted by Gasteiger charge is -2.12. The molecule has 2 rings (SSSR count). The summed E-state index contributed by atoms with van der Waals surface area (Å²) in [5.74, 6) is -6.04. The number of carbonyl (C=O) groups is 9. The monoisotopic (exact) mass is 496 g/mol. The molecule has 0 radical (unpaired) electrons. The van der Waals surface area contributed by atoms with Crippen molar-refractivity contribution < 1.29 is 52.8 Å². The van der Waals surface area contributed by atoms with Gasteiger partial charge in [0.25, 0.3) is 23.6 Å². The van der Waals surface area contributed by atoms with E-state index in [0.29, 0.717) is 10.1 Å². The van der Waals surface area contributed by atoms with E-state index in [0.717, 1.165) is 0 Å². The predicted molar refractivity (Wildman–Crippen MR) is 108 cm³/mol. The van der Waals surface area contributed by atoms with Gasteiger partial charge >= 0.3 is 11.9 Å². The second-order valence-electron chi connectivity index (χ2n) is 7.54. The van der Waals surface area contributed by atoms with Gasteiger partial charge in [-0.2, -0.15) is 0 Å².